The minimum absolute atomic E-state index is 0.112. The van der Waals surface area contributed by atoms with Gasteiger partial charge in [-0.3, -0.25) is 4.79 Å². The van der Waals surface area contributed by atoms with Crippen LogP contribution in [0, 0.1) is 0 Å². The van der Waals surface area contributed by atoms with Crippen molar-refractivity contribution in [2.24, 2.45) is 0 Å². The van der Waals surface area contributed by atoms with Gasteiger partial charge in [-0.1, -0.05) is 41.6 Å². The van der Waals surface area contributed by atoms with Gasteiger partial charge >= 0.3 is 0 Å². The predicted octanol–water partition coefficient (Wildman–Crippen LogP) is 5.08. The Kier molecular flexibility index (Phi) is 4.98. The van der Waals surface area contributed by atoms with Gasteiger partial charge in [-0.2, -0.15) is 0 Å². The lowest BCUT2D eigenvalue weighted by Gasteiger charge is -2.06. The molecule has 2 aromatic carbocycles. The van der Waals surface area contributed by atoms with Crippen molar-refractivity contribution in [2.75, 3.05) is 5.32 Å². The number of carbonyl (C=O) groups excluding carboxylic acids is 1. The minimum atomic E-state index is -0.112. The highest BCUT2D eigenvalue weighted by Crippen LogP contribution is 2.23. The van der Waals surface area contributed by atoms with Crippen LogP contribution in [-0.2, 0) is 6.54 Å². The van der Waals surface area contributed by atoms with E-state index >= 15 is 0 Å². The van der Waals surface area contributed by atoms with Gasteiger partial charge in [0.1, 0.15) is 5.69 Å². The monoisotopic (exact) mass is 375 g/mol. The summed E-state index contributed by atoms with van der Waals surface area (Å²) in [6.07, 6.45) is 0. The Bertz CT molecular complexity index is 1010. The summed E-state index contributed by atoms with van der Waals surface area (Å²) in [6, 6.07) is 23.4. The zero-order chi connectivity index (χ0) is 18.5. The summed E-state index contributed by atoms with van der Waals surface area (Å²) in [5, 5.41) is 12.1. The Morgan fingerprint density at radius 1 is 0.963 bits per heavy atom. The third-order valence-electron chi connectivity index (χ3n) is 3.97. The van der Waals surface area contributed by atoms with Crippen LogP contribution in [0.4, 0.5) is 11.4 Å². The molecule has 0 saturated heterocycles. The topological polar surface area (TPSA) is 67.2 Å². The van der Waals surface area contributed by atoms with Gasteiger partial charge < -0.3 is 15.2 Å². The number of hydrogen-bond donors (Lipinski definition) is 2. The molecule has 5 nitrogen and oxygen atoms in total. The van der Waals surface area contributed by atoms with Crippen molar-refractivity contribution < 1.29 is 9.32 Å². The van der Waals surface area contributed by atoms with E-state index in [2.05, 4.69) is 15.8 Å². The number of anilines is 2. The second-order valence-electron chi connectivity index (χ2n) is 5.91. The van der Waals surface area contributed by atoms with Crippen molar-refractivity contribution in [1.82, 2.24) is 10.5 Å². The van der Waals surface area contributed by atoms with Gasteiger partial charge in [0.05, 0.1) is 11.4 Å². The molecule has 0 aliphatic rings. The largest absolute Gasteiger partial charge is 0.359 e. The van der Waals surface area contributed by atoms with Crippen molar-refractivity contribution in [3.8, 4) is 11.3 Å². The van der Waals surface area contributed by atoms with E-state index in [9.17, 15) is 4.79 Å². The summed E-state index contributed by atoms with van der Waals surface area (Å²) >= 11 is 1.41. The van der Waals surface area contributed by atoms with Gasteiger partial charge in [0.2, 0.25) is 0 Å². The maximum Gasteiger partial charge on any atom is 0.261 e. The molecular formula is C21H17N3O2S. The molecule has 0 atom stereocenters. The molecule has 1 amide bonds. The number of amides is 1. The number of aromatic nitrogens is 1. The summed E-state index contributed by atoms with van der Waals surface area (Å²) in [5.74, 6) is 0.501. The third-order valence-corrected chi connectivity index (χ3v) is 4.84. The molecule has 0 aliphatic heterocycles. The number of carbonyl (C=O) groups is 1. The van der Waals surface area contributed by atoms with Crippen molar-refractivity contribution >= 4 is 28.6 Å². The average molecular weight is 375 g/mol. The highest BCUT2D eigenvalue weighted by Gasteiger charge is 2.10. The maximum atomic E-state index is 12.0. The summed E-state index contributed by atoms with van der Waals surface area (Å²) in [7, 11) is 0. The normalized spacial score (nSPS) is 10.5. The molecule has 0 fully saturated rings. The van der Waals surface area contributed by atoms with Gasteiger partial charge in [0.25, 0.3) is 5.91 Å². The molecule has 134 valence electrons. The van der Waals surface area contributed by atoms with Crippen molar-refractivity contribution in [2.45, 2.75) is 6.54 Å². The quantitative estimate of drug-likeness (QED) is 0.493. The summed E-state index contributed by atoms with van der Waals surface area (Å²) in [5.41, 5.74) is 3.72. The molecule has 2 aromatic heterocycles. The molecule has 6 heteroatoms. The fourth-order valence-corrected chi connectivity index (χ4v) is 3.25. The van der Waals surface area contributed by atoms with Crippen LogP contribution in [0.3, 0.4) is 0 Å². The summed E-state index contributed by atoms with van der Waals surface area (Å²) < 4.78 is 5.34. The Morgan fingerprint density at radius 3 is 2.48 bits per heavy atom. The van der Waals surface area contributed by atoms with Crippen LogP contribution in [0.25, 0.3) is 11.3 Å². The Hall–Kier alpha value is -3.38. The highest BCUT2D eigenvalue weighted by molar-refractivity contribution is 7.12. The molecule has 2 N–H and O–H groups in total. The number of nitrogens with one attached hydrogen (secondary N) is 2. The lowest BCUT2D eigenvalue weighted by atomic mass is 10.1. The Morgan fingerprint density at radius 2 is 1.74 bits per heavy atom. The van der Waals surface area contributed by atoms with Crippen LogP contribution >= 0.6 is 11.3 Å². The molecule has 0 saturated carbocycles. The first-order valence-corrected chi connectivity index (χ1v) is 9.36. The molecule has 0 aliphatic carbocycles. The van der Waals surface area contributed by atoms with Gasteiger partial charge in [-0.15, -0.1) is 11.3 Å². The van der Waals surface area contributed by atoms with E-state index in [1.54, 1.807) is 6.07 Å². The van der Waals surface area contributed by atoms with Gasteiger partial charge in [-0.05, 0) is 35.7 Å². The van der Waals surface area contributed by atoms with Crippen molar-refractivity contribution in [3.05, 3.63) is 88.8 Å². The predicted molar refractivity (Wildman–Crippen MR) is 107 cm³/mol. The molecule has 2 heterocycles. The van der Waals surface area contributed by atoms with E-state index in [0.29, 0.717) is 17.2 Å². The lowest BCUT2D eigenvalue weighted by molar-refractivity contribution is 0.0951. The molecule has 4 rings (SSSR count). The zero-order valence-corrected chi connectivity index (χ0v) is 15.2. The number of hydrogen-bond acceptors (Lipinski definition) is 5. The first kappa shape index (κ1) is 17.1. The van der Waals surface area contributed by atoms with Crippen LogP contribution in [0.15, 0.2) is 82.7 Å². The number of para-hydroxylation sites is 1. The second-order valence-corrected chi connectivity index (χ2v) is 6.85. The Balaban J connectivity index is 1.38. The molecular weight excluding hydrogens is 358 g/mol. The average Bonchev–Trinajstić information content (AvgIpc) is 3.40. The van der Waals surface area contributed by atoms with Crippen molar-refractivity contribution in [1.29, 1.82) is 0 Å². The molecule has 0 bridgehead atoms. The van der Waals surface area contributed by atoms with Gasteiger partial charge in [0.15, 0.2) is 5.76 Å². The molecule has 27 heavy (non-hydrogen) atoms. The van der Waals surface area contributed by atoms with E-state index in [-0.39, 0.29) is 5.91 Å². The minimum Gasteiger partial charge on any atom is -0.359 e. The van der Waals surface area contributed by atoms with E-state index < -0.39 is 0 Å². The van der Waals surface area contributed by atoms with E-state index in [4.69, 9.17) is 4.52 Å². The number of thiophene rings is 1. The van der Waals surface area contributed by atoms with Crippen LogP contribution in [0.5, 0.6) is 0 Å². The van der Waals surface area contributed by atoms with Crippen LogP contribution in [0.1, 0.15) is 15.4 Å². The van der Waals surface area contributed by atoms with E-state index in [1.807, 2.05) is 72.1 Å². The van der Waals surface area contributed by atoms with Crippen LogP contribution in [-0.4, -0.2) is 11.1 Å². The Labute approximate surface area is 160 Å². The first-order valence-electron chi connectivity index (χ1n) is 8.48. The van der Waals surface area contributed by atoms with Gasteiger partial charge in [0, 0.05) is 23.0 Å². The fraction of sp³-hybridized carbons (Fsp3) is 0.0476. The number of nitrogens with zero attached hydrogens (tertiary/aromatic N) is 1. The SMILES string of the molecule is O=C(NCc1cc(-c2ccc(Nc3ccccc3)cc2)no1)c1cccs1. The smallest absolute Gasteiger partial charge is 0.261 e. The van der Waals surface area contributed by atoms with Gasteiger partial charge in [-0.25, -0.2) is 0 Å². The van der Waals surface area contributed by atoms with Crippen LogP contribution in [0.2, 0.25) is 0 Å². The second kappa shape index (κ2) is 7.88. The number of benzene rings is 2. The van der Waals surface area contributed by atoms with Crippen LogP contribution < -0.4 is 10.6 Å². The first-order chi connectivity index (χ1) is 13.3. The zero-order valence-electron chi connectivity index (χ0n) is 14.4. The summed E-state index contributed by atoms with van der Waals surface area (Å²) in [4.78, 5) is 12.7. The summed E-state index contributed by atoms with van der Waals surface area (Å²) in [6.45, 7) is 0.303. The standard InChI is InChI=1S/C21H17N3O2S/c25-21(20-7-4-12-27-20)22-14-18-13-19(24-26-18)15-8-10-17(11-9-15)23-16-5-2-1-3-6-16/h1-13,23H,14H2,(H,22,25). The third kappa shape index (κ3) is 4.24. The molecule has 0 unspecified atom stereocenters. The molecule has 4 aromatic rings. The molecule has 0 radical (unpaired) electrons. The molecule has 0 spiro atoms. The fourth-order valence-electron chi connectivity index (χ4n) is 2.61. The highest BCUT2D eigenvalue weighted by atomic mass is 32.1. The number of rotatable bonds is 6. The van der Waals surface area contributed by atoms with E-state index in [1.165, 1.54) is 11.3 Å². The van der Waals surface area contributed by atoms with E-state index in [0.717, 1.165) is 22.6 Å². The lowest BCUT2D eigenvalue weighted by Crippen LogP contribution is -2.21. The van der Waals surface area contributed by atoms with Crippen molar-refractivity contribution in [3.63, 3.8) is 0 Å². The maximum absolute atomic E-state index is 12.0.